The molecule has 0 bridgehead atoms. The molecule has 0 heterocycles. The molecule has 5 heteroatoms. The van der Waals surface area contributed by atoms with Crippen molar-refractivity contribution >= 4 is 22.3 Å². The molecule has 0 rings (SSSR count). The summed E-state index contributed by atoms with van der Waals surface area (Å²) in [5.41, 5.74) is 0. The van der Waals surface area contributed by atoms with Gasteiger partial charge in [-0.15, -0.1) is 0 Å². The van der Waals surface area contributed by atoms with Crippen LogP contribution in [0.2, 0.25) is 0 Å². The molecule has 0 aliphatic heterocycles. The number of hydrogen-bond donors (Lipinski definition) is 1. The van der Waals surface area contributed by atoms with Gasteiger partial charge >= 0.3 is 0 Å². The molecule has 0 amide bonds. The van der Waals surface area contributed by atoms with Crippen molar-refractivity contribution in [3.8, 4) is 0 Å². The first-order chi connectivity index (χ1) is 3.46. The molecule has 52 valence electrons. The van der Waals surface area contributed by atoms with Crippen molar-refractivity contribution < 1.29 is 13.3 Å². The van der Waals surface area contributed by atoms with Crippen molar-refractivity contribution in [3.05, 3.63) is 0 Å². The lowest BCUT2D eigenvalue weighted by Gasteiger charge is -1.83. The predicted molar refractivity (Wildman–Crippen MR) is 36.7 cm³/mol. The summed E-state index contributed by atoms with van der Waals surface area (Å²) in [5, 5.41) is 0. The summed E-state index contributed by atoms with van der Waals surface area (Å²) in [7, 11) is 0.639. The second kappa shape index (κ2) is 7.42. The molecule has 3 nitrogen and oxygen atoms in total. The molecule has 0 saturated carbocycles. The first-order valence-electron chi connectivity index (χ1n) is 1.74. The van der Waals surface area contributed by atoms with E-state index in [1.807, 2.05) is 0 Å². The van der Waals surface area contributed by atoms with Crippen molar-refractivity contribution in [2.24, 2.45) is 0 Å². The Bertz CT molecular complexity index is 56.8. The Labute approximate surface area is 54.9 Å². The van der Waals surface area contributed by atoms with Crippen molar-refractivity contribution in [2.75, 3.05) is 18.8 Å². The molecule has 0 aromatic rings. The van der Waals surface area contributed by atoms with Gasteiger partial charge in [0.2, 0.25) is 0 Å². The van der Waals surface area contributed by atoms with Crippen LogP contribution in [-0.4, -0.2) is 32.1 Å². The summed E-state index contributed by atoms with van der Waals surface area (Å²) < 4.78 is 24.1. The summed E-state index contributed by atoms with van der Waals surface area (Å²) in [6, 6.07) is 0. The van der Waals surface area contributed by atoms with Crippen LogP contribution in [0, 0.1) is 0 Å². The van der Waals surface area contributed by atoms with E-state index in [-0.39, 0.29) is 0 Å². The van der Waals surface area contributed by atoms with Gasteiger partial charge in [0.15, 0.2) is 0 Å². The average molecular weight is 158 g/mol. The van der Waals surface area contributed by atoms with E-state index < -0.39 is 11.4 Å². The SMILES string of the molecule is C[S+](C)C.O=S([O-])O. The van der Waals surface area contributed by atoms with Gasteiger partial charge in [0, 0.05) is 0 Å². The summed E-state index contributed by atoms with van der Waals surface area (Å²) in [6.45, 7) is 0. The quantitative estimate of drug-likeness (QED) is 0.393. The first kappa shape index (κ1) is 11.2. The van der Waals surface area contributed by atoms with Crippen LogP contribution in [0.3, 0.4) is 0 Å². The molecule has 0 radical (unpaired) electrons. The Kier molecular flexibility index (Phi) is 10.4. The lowest BCUT2D eigenvalue weighted by atomic mass is 11.9. The Morgan fingerprint density at radius 1 is 1.50 bits per heavy atom. The molecule has 8 heavy (non-hydrogen) atoms. The third-order valence-corrected chi connectivity index (χ3v) is 0. The molecule has 0 spiro atoms. The predicted octanol–water partition coefficient (Wildman–Crippen LogP) is -0.167. The lowest BCUT2D eigenvalue weighted by molar-refractivity contribution is 0.436. The smallest absolute Gasteiger partial charge is 0.0969 e. The van der Waals surface area contributed by atoms with Crippen LogP contribution >= 0.6 is 0 Å². The van der Waals surface area contributed by atoms with Gasteiger partial charge in [0.1, 0.15) is 0 Å². The third kappa shape index (κ3) is 1070. The van der Waals surface area contributed by atoms with Crippen molar-refractivity contribution in [1.29, 1.82) is 0 Å². The Balaban J connectivity index is 0. The van der Waals surface area contributed by atoms with Gasteiger partial charge in [0.25, 0.3) is 0 Å². The van der Waals surface area contributed by atoms with Gasteiger partial charge in [-0.1, -0.05) is 0 Å². The van der Waals surface area contributed by atoms with Crippen molar-refractivity contribution in [3.63, 3.8) is 0 Å². The van der Waals surface area contributed by atoms with Crippen LogP contribution in [0.4, 0.5) is 0 Å². The van der Waals surface area contributed by atoms with Gasteiger partial charge in [-0.05, 0) is 10.9 Å². The molecular weight excluding hydrogens is 148 g/mol. The maximum absolute atomic E-state index is 8.56. The molecule has 1 N–H and O–H groups in total. The monoisotopic (exact) mass is 158 g/mol. The van der Waals surface area contributed by atoms with E-state index in [9.17, 15) is 0 Å². The summed E-state index contributed by atoms with van der Waals surface area (Å²) in [4.78, 5) is 0. The van der Waals surface area contributed by atoms with Crippen LogP contribution in [0.15, 0.2) is 0 Å². The van der Waals surface area contributed by atoms with E-state index in [0.717, 1.165) is 0 Å². The van der Waals surface area contributed by atoms with Crippen LogP contribution in [-0.2, 0) is 22.3 Å². The zero-order chi connectivity index (χ0) is 7.15. The van der Waals surface area contributed by atoms with Crippen LogP contribution in [0.25, 0.3) is 0 Å². The largest absolute Gasteiger partial charge is 0.750 e. The van der Waals surface area contributed by atoms with Gasteiger partial charge < -0.3 is 9.11 Å². The molecule has 0 aromatic carbocycles. The molecule has 0 saturated heterocycles. The second-order valence-corrected chi connectivity index (χ2v) is 4.33. The lowest BCUT2D eigenvalue weighted by Crippen LogP contribution is -1.84. The highest BCUT2D eigenvalue weighted by molar-refractivity contribution is 7.94. The minimum absolute atomic E-state index is 0.639. The summed E-state index contributed by atoms with van der Waals surface area (Å²) in [6.07, 6.45) is 6.58. The van der Waals surface area contributed by atoms with Gasteiger partial charge in [0.05, 0.1) is 30.1 Å². The van der Waals surface area contributed by atoms with E-state index in [2.05, 4.69) is 18.8 Å². The van der Waals surface area contributed by atoms with Crippen molar-refractivity contribution in [2.45, 2.75) is 0 Å². The second-order valence-electron chi connectivity index (χ2n) is 1.44. The molecular formula is C3H10O3S2. The average Bonchev–Trinajstić information content (AvgIpc) is 1.25. The Morgan fingerprint density at radius 3 is 1.50 bits per heavy atom. The molecule has 1 atom stereocenters. The summed E-state index contributed by atoms with van der Waals surface area (Å²) >= 11 is -2.86. The molecule has 0 aromatic heterocycles. The zero-order valence-corrected chi connectivity index (χ0v) is 6.71. The molecule has 1 unspecified atom stereocenters. The maximum Gasteiger partial charge on any atom is 0.0969 e. The van der Waals surface area contributed by atoms with E-state index in [4.69, 9.17) is 13.3 Å². The van der Waals surface area contributed by atoms with Gasteiger partial charge in [-0.2, -0.15) is 0 Å². The molecule has 0 aliphatic rings. The fraction of sp³-hybridized carbons (Fsp3) is 1.00. The minimum atomic E-state index is -2.86. The van der Waals surface area contributed by atoms with Gasteiger partial charge in [-0.3, -0.25) is 0 Å². The number of hydrogen-bond acceptors (Lipinski definition) is 2. The fourth-order valence-corrected chi connectivity index (χ4v) is 0. The van der Waals surface area contributed by atoms with Gasteiger partial charge in [-0.25, -0.2) is 4.21 Å². The molecule has 0 fully saturated rings. The van der Waals surface area contributed by atoms with Crippen LogP contribution in [0.1, 0.15) is 0 Å². The number of rotatable bonds is 0. The highest BCUT2D eigenvalue weighted by atomic mass is 32.2. The zero-order valence-electron chi connectivity index (χ0n) is 5.08. The van der Waals surface area contributed by atoms with Crippen LogP contribution in [0.5, 0.6) is 0 Å². The van der Waals surface area contributed by atoms with Crippen LogP contribution < -0.4 is 0 Å². The van der Waals surface area contributed by atoms with E-state index in [1.54, 1.807) is 0 Å². The maximum atomic E-state index is 8.56. The standard InChI is InChI=1S/C3H9S.H2O3S/c2*1-4(2)3/h1-3H3;(H2,1,2,3)/q+1;/p-1. The topological polar surface area (TPSA) is 60.4 Å². The summed E-state index contributed by atoms with van der Waals surface area (Å²) in [5.74, 6) is 0. The third-order valence-electron chi connectivity index (χ3n) is 0. The van der Waals surface area contributed by atoms with E-state index >= 15 is 0 Å². The van der Waals surface area contributed by atoms with E-state index in [0.29, 0.717) is 10.9 Å². The fourth-order valence-electron chi connectivity index (χ4n) is 0. The minimum Gasteiger partial charge on any atom is -0.750 e. The normalized spacial score (nSPS) is 12.2. The Hall–Kier alpha value is 0.420. The van der Waals surface area contributed by atoms with E-state index in [1.165, 1.54) is 0 Å². The first-order valence-corrected chi connectivity index (χ1v) is 5.22. The highest BCUT2D eigenvalue weighted by Gasteiger charge is 1.77. The Morgan fingerprint density at radius 2 is 1.50 bits per heavy atom. The molecule has 0 aliphatic carbocycles. The van der Waals surface area contributed by atoms with Crippen molar-refractivity contribution in [1.82, 2.24) is 0 Å². The highest BCUT2D eigenvalue weighted by Crippen LogP contribution is 1.63.